The van der Waals surface area contributed by atoms with Gasteiger partial charge in [-0.05, 0) is 23.8 Å². The lowest BCUT2D eigenvalue weighted by molar-refractivity contribution is 0.0696. The van der Waals surface area contributed by atoms with E-state index in [1.54, 1.807) is 12.4 Å². The number of aromatic amines is 1. The first kappa shape index (κ1) is 11.7. The van der Waals surface area contributed by atoms with Crippen LogP contribution in [0.15, 0.2) is 35.7 Å². The molecule has 0 aliphatic heterocycles. The zero-order valence-corrected chi connectivity index (χ0v) is 9.50. The van der Waals surface area contributed by atoms with Gasteiger partial charge in [0.15, 0.2) is 5.16 Å². The van der Waals surface area contributed by atoms with Gasteiger partial charge in [-0.15, -0.1) is 0 Å². The molecule has 17 heavy (non-hydrogen) atoms. The molecule has 1 aromatic carbocycles. The molecule has 0 aliphatic rings. The molecule has 6 heteroatoms. The Labute approximate surface area is 101 Å². The van der Waals surface area contributed by atoms with Crippen molar-refractivity contribution in [1.29, 1.82) is 0 Å². The number of rotatable bonds is 4. The fourth-order valence-corrected chi connectivity index (χ4v) is 2.10. The highest BCUT2D eigenvalue weighted by Gasteiger charge is 2.07. The summed E-state index contributed by atoms with van der Waals surface area (Å²) >= 11 is 1.38. The maximum absolute atomic E-state index is 13.2. The van der Waals surface area contributed by atoms with Crippen molar-refractivity contribution in [3.05, 3.63) is 47.5 Å². The summed E-state index contributed by atoms with van der Waals surface area (Å²) in [6.45, 7) is 0. The van der Waals surface area contributed by atoms with E-state index in [1.165, 1.54) is 23.9 Å². The Balaban J connectivity index is 2.13. The summed E-state index contributed by atoms with van der Waals surface area (Å²) in [5.74, 6) is -1.21. The average molecular weight is 252 g/mol. The lowest BCUT2D eigenvalue weighted by Crippen LogP contribution is -1.98. The van der Waals surface area contributed by atoms with Gasteiger partial charge in [0, 0.05) is 18.1 Å². The zero-order chi connectivity index (χ0) is 12.3. The van der Waals surface area contributed by atoms with Gasteiger partial charge in [-0.1, -0.05) is 11.8 Å². The summed E-state index contributed by atoms with van der Waals surface area (Å²) in [4.78, 5) is 17.7. The topological polar surface area (TPSA) is 66.0 Å². The molecular formula is C11H9FN2O2S. The molecular weight excluding hydrogens is 243 g/mol. The number of carboxylic acids is 1. The van der Waals surface area contributed by atoms with E-state index in [4.69, 9.17) is 5.11 Å². The first-order chi connectivity index (χ1) is 8.15. The van der Waals surface area contributed by atoms with Gasteiger partial charge in [0.05, 0.1) is 5.56 Å². The van der Waals surface area contributed by atoms with Gasteiger partial charge in [-0.25, -0.2) is 14.2 Å². The first-order valence-corrected chi connectivity index (χ1v) is 5.78. The number of hydrogen-bond acceptors (Lipinski definition) is 3. The lowest BCUT2D eigenvalue weighted by Gasteiger charge is -2.02. The van der Waals surface area contributed by atoms with Gasteiger partial charge in [-0.2, -0.15) is 0 Å². The molecule has 0 bridgehead atoms. The largest absolute Gasteiger partial charge is 0.478 e. The zero-order valence-electron chi connectivity index (χ0n) is 8.68. The Kier molecular flexibility index (Phi) is 3.43. The smallest absolute Gasteiger partial charge is 0.335 e. The van der Waals surface area contributed by atoms with Gasteiger partial charge in [0.2, 0.25) is 0 Å². The maximum Gasteiger partial charge on any atom is 0.335 e. The molecule has 0 saturated heterocycles. The summed E-state index contributed by atoms with van der Waals surface area (Å²) in [6.07, 6.45) is 3.31. The fraction of sp³-hybridized carbons (Fsp3) is 0.0909. The predicted octanol–water partition coefficient (Wildman–Crippen LogP) is 2.54. The molecule has 0 aliphatic carbocycles. The summed E-state index contributed by atoms with van der Waals surface area (Å²) in [5.41, 5.74) is 0.573. The number of aromatic nitrogens is 2. The highest BCUT2D eigenvalue weighted by molar-refractivity contribution is 7.98. The lowest BCUT2D eigenvalue weighted by atomic mass is 10.1. The van der Waals surface area contributed by atoms with Crippen molar-refractivity contribution < 1.29 is 14.3 Å². The highest BCUT2D eigenvalue weighted by Crippen LogP contribution is 2.20. The molecule has 0 amide bonds. The third kappa shape index (κ3) is 3.07. The van der Waals surface area contributed by atoms with Crippen LogP contribution in [0.25, 0.3) is 0 Å². The summed E-state index contributed by atoms with van der Waals surface area (Å²) in [6, 6.07) is 3.78. The highest BCUT2D eigenvalue weighted by atomic mass is 32.2. The van der Waals surface area contributed by atoms with Crippen LogP contribution in [0.2, 0.25) is 0 Å². The van der Waals surface area contributed by atoms with Gasteiger partial charge in [-0.3, -0.25) is 0 Å². The minimum atomic E-state index is -1.13. The van der Waals surface area contributed by atoms with Crippen LogP contribution in [0.5, 0.6) is 0 Å². The molecule has 0 saturated carbocycles. The van der Waals surface area contributed by atoms with Crippen LogP contribution in [-0.2, 0) is 5.75 Å². The Bertz CT molecular complexity index is 528. The van der Waals surface area contributed by atoms with Crippen molar-refractivity contribution in [2.75, 3.05) is 0 Å². The summed E-state index contributed by atoms with van der Waals surface area (Å²) in [5, 5.41) is 9.51. The Morgan fingerprint density at radius 2 is 2.29 bits per heavy atom. The second-order valence-corrected chi connectivity index (χ2v) is 4.30. The molecule has 2 N–H and O–H groups in total. The average Bonchev–Trinajstić information content (AvgIpc) is 2.78. The molecule has 0 atom stereocenters. The van der Waals surface area contributed by atoms with Crippen molar-refractivity contribution in [2.45, 2.75) is 10.9 Å². The van der Waals surface area contributed by atoms with E-state index in [9.17, 15) is 9.18 Å². The SMILES string of the molecule is O=C(O)c1cc(F)cc(CSc2ncc[nH]2)c1. The van der Waals surface area contributed by atoms with Crippen LogP contribution >= 0.6 is 11.8 Å². The quantitative estimate of drug-likeness (QED) is 0.821. The summed E-state index contributed by atoms with van der Waals surface area (Å²) in [7, 11) is 0. The summed E-state index contributed by atoms with van der Waals surface area (Å²) < 4.78 is 13.2. The standard InChI is InChI=1S/C11H9FN2O2S/c12-9-4-7(3-8(5-9)10(15)16)6-17-11-13-1-2-14-11/h1-5H,6H2,(H,13,14)(H,15,16). The van der Waals surface area contributed by atoms with Gasteiger partial charge < -0.3 is 10.1 Å². The van der Waals surface area contributed by atoms with Crippen LogP contribution in [0.4, 0.5) is 4.39 Å². The minimum Gasteiger partial charge on any atom is -0.478 e. The molecule has 1 heterocycles. The second kappa shape index (κ2) is 5.01. The van der Waals surface area contributed by atoms with Crippen LogP contribution in [0.3, 0.4) is 0 Å². The molecule has 2 aromatic rings. The van der Waals surface area contributed by atoms with Crippen molar-refractivity contribution in [3.63, 3.8) is 0 Å². The Morgan fingerprint density at radius 1 is 1.47 bits per heavy atom. The molecule has 4 nitrogen and oxygen atoms in total. The Hall–Kier alpha value is -1.82. The first-order valence-electron chi connectivity index (χ1n) is 4.80. The van der Waals surface area contributed by atoms with Crippen molar-refractivity contribution >= 4 is 17.7 Å². The van der Waals surface area contributed by atoms with Crippen LogP contribution in [0.1, 0.15) is 15.9 Å². The van der Waals surface area contributed by atoms with Crippen molar-refractivity contribution in [1.82, 2.24) is 9.97 Å². The number of benzene rings is 1. The number of aromatic carboxylic acids is 1. The predicted molar refractivity (Wildman–Crippen MR) is 61.5 cm³/mol. The molecule has 88 valence electrons. The van der Waals surface area contributed by atoms with Crippen LogP contribution < -0.4 is 0 Å². The normalized spacial score (nSPS) is 10.4. The maximum atomic E-state index is 13.2. The third-order valence-corrected chi connectivity index (χ3v) is 3.03. The van der Waals surface area contributed by atoms with E-state index >= 15 is 0 Å². The number of nitrogens with one attached hydrogen (secondary N) is 1. The van der Waals surface area contributed by atoms with Crippen LogP contribution in [0, 0.1) is 5.82 Å². The van der Waals surface area contributed by atoms with E-state index in [0.717, 1.165) is 6.07 Å². The number of carbonyl (C=O) groups is 1. The molecule has 0 fully saturated rings. The van der Waals surface area contributed by atoms with Gasteiger partial charge in [0.1, 0.15) is 5.82 Å². The minimum absolute atomic E-state index is 0.0416. The van der Waals surface area contributed by atoms with Gasteiger partial charge in [0.25, 0.3) is 0 Å². The number of imidazole rings is 1. The molecule has 0 spiro atoms. The molecule has 2 rings (SSSR count). The monoisotopic (exact) mass is 252 g/mol. The van der Waals surface area contributed by atoms with E-state index in [2.05, 4.69) is 9.97 Å². The number of thioether (sulfide) groups is 1. The van der Waals surface area contributed by atoms with Gasteiger partial charge >= 0.3 is 5.97 Å². The Morgan fingerprint density at radius 3 is 2.94 bits per heavy atom. The molecule has 0 radical (unpaired) electrons. The molecule has 1 aromatic heterocycles. The fourth-order valence-electron chi connectivity index (χ4n) is 1.34. The van der Waals surface area contributed by atoms with E-state index in [1.807, 2.05) is 0 Å². The van der Waals surface area contributed by atoms with Crippen molar-refractivity contribution in [2.24, 2.45) is 0 Å². The number of nitrogens with zero attached hydrogens (tertiary/aromatic N) is 1. The number of hydrogen-bond donors (Lipinski definition) is 2. The molecule has 0 unspecified atom stereocenters. The third-order valence-electron chi connectivity index (χ3n) is 2.05. The van der Waals surface area contributed by atoms with E-state index < -0.39 is 11.8 Å². The second-order valence-electron chi connectivity index (χ2n) is 3.34. The van der Waals surface area contributed by atoms with Crippen LogP contribution in [-0.4, -0.2) is 21.0 Å². The number of halogens is 1. The number of H-pyrrole nitrogens is 1. The number of carboxylic acid groups (broad SMARTS) is 1. The van der Waals surface area contributed by atoms with Crippen molar-refractivity contribution in [3.8, 4) is 0 Å². The van der Waals surface area contributed by atoms with E-state index in [-0.39, 0.29) is 5.56 Å². The van der Waals surface area contributed by atoms with E-state index in [0.29, 0.717) is 16.5 Å².